The fourth-order valence-corrected chi connectivity index (χ4v) is 1.85. The molecule has 0 radical (unpaired) electrons. The summed E-state index contributed by atoms with van der Waals surface area (Å²) in [4.78, 5) is 6.58. The van der Waals surface area contributed by atoms with Gasteiger partial charge in [0.05, 0.1) is 0 Å². The van der Waals surface area contributed by atoms with Gasteiger partial charge in [0.15, 0.2) is 0 Å². The SMILES string of the molecule is CC(N)c1cccnc1OCCN(C)C1CC1. The topological polar surface area (TPSA) is 51.4 Å². The molecule has 1 aromatic rings. The summed E-state index contributed by atoms with van der Waals surface area (Å²) in [7, 11) is 2.14. The van der Waals surface area contributed by atoms with Crippen LogP contribution in [-0.4, -0.2) is 36.1 Å². The number of pyridine rings is 1. The van der Waals surface area contributed by atoms with Gasteiger partial charge in [-0.05, 0) is 32.9 Å². The van der Waals surface area contributed by atoms with Gasteiger partial charge in [-0.2, -0.15) is 0 Å². The van der Waals surface area contributed by atoms with Gasteiger partial charge in [-0.15, -0.1) is 0 Å². The Labute approximate surface area is 103 Å². The first-order valence-corrected chi connectivity index (χ1v) is 6.22. The number of nitrogens with two attached hydrogens (primary N) is 1. The van der Waals surface area contributed by atoms with E-state index in [0.29, 0.717) is 12.5 Å². The number of likely N-dealkylation sites (N-methyl/N-ethyl adjacent to an activating group) is 1. The van der Waals surface area contributed by atoms with E-state index >= 15 is 0 Å². The van der Waals surface area contributed by atoms with E-state index in [1.165, 1.54) is 12.8 Å². The molecule has 4 heteroatoms. The van der Waals surface area contributed by atoms with E-state index in [9.17, 15) is 0 Å². The Morgan fingerprint density at radius 1 is 1.59 bits per heavy atom. The van der Waals surface area contributed by atoms with Crippen molar-refractivity contribution in [3.05, 3.63) is 23.9 Å². The molecule has 0 bridgehead atoms. The molecule has 1 unspecified atom stereocenters. The van der Waals surface area contributed by atoms with Crippen LogP contribution in [0.2, 0.25) is 0 Å². The van der Waals surface area contributed by atoms with Gasteiger partial charge in [0.1, 0.15) is 6.61 Å². The first kappa shape index (κ1) is 12.3. The summed E-state index contributed by atoms with van der Waals surface area (Å²) >= 11 is 0. The molecule has 4 nitrogen and oxygen atoms in total. The maximum atomic E-state index is 5.87. The van der Waals surface area contributed by atoms with Crippen molar-refractivity contribution in [3.8, 4) is 5.88 Å². The quantitative estimate of drug-likeness (QED) is 0.813. The first-order chi connectivity index (χ1) is 8.18. The second-order valence-electron chi connectivity index (χ2n) is 4.75. The van der Waals surface area contributed by atoms with Crippen LogP contribution >= 0.6 is 0 Å². The molecule has 1 atom stereocenters. The number of rotatable bonds is 6. The third kappa shape index (κ3) is 3.41. The lowest BCUT2D eigenvalue weighted by atomic mass is 10.1. The largest absolute Gasteiger partial charge is 0.476 e. The Balaban J connectivity index is 1.85. The molecule has 0 spiro atoms. The number of nitrogens with zero attached hydrogens (tertiary/aromatic N) is 2. The molecular weight excluding hydrogens is 214 g/mol. The highest BCUT2D eigenvalue weighted by atomic mass is 16.5. The maximum absolute atomic E-state index is 5.87. The van der Waals surface area contributed by atoms with E-state index in [0.717, 1.165) is 18.2 Å². The summed E-state index contributed by atoms with van der Waals surface area (Å²) < 4.78 is 5.71. The molecule has 1 saturated carbocycles. The molecule has 1 aromatic heterocycles. The van der Waals surface area contributed by atoms with Crippen LogP contribution in [0.5, 0.6) is 5.88 Å². The minimum atomic E-state index is -0.0418. The lowest BCUT2D eigenvalue weighted by Crippen LogP contribution is -2.26. The number of hydrogen-bond acceptors (Lipinski definition) is 4. The van der Waals surface area contributed by atoms with Crippen molar-refractivity contribution in [3.63, 3.8) is 0 Å². The van der Waals surface area contributed by atoms with Gasteiger partial charge in [-0.1, -0.05) is 6.07 Å². The van der Waals surface area contributed by atoms with Crippen LogP contribution < -0.4 is 10.5 Å². The molecule has 2 rings (SSSR count). The Morgan fingerprint density at radius 2 is 2.35 bits per heavy atom. The van der Waals surface area contributed by atoms with Crippen molar-refractivity contribution in [2.75, 3.05) is 20.2 Å². The molecule has 2 N–H and O–H groups in total. The normalized spacial score (nSPS) is 17.2. The predicted octanol–water partition coefficient (Wildman–Crippen LogP) is 1.57. The minimum absolute atomic E-state index is 0.0418. The molecule has 1 fully saturated rings. The monoisotopic (exact) mass is 235 g/mol. The summed E-state index contributed by atoms with van der Waals surface area (Å²) in [6.45, 7) is 3.56. The van der Waals surface area contributed by atoms with Crippen LogP contribution in [0.25, 0.3) is 0 Å². The maximum Gasteiger partial charge on any atom is 0.218 e. The van der Waals surface area contributed by atoms with E-state index < -0.39 is 0 Å². The van der Waals surface area contributed by atoms with Gasteiger partial charge in [0.2, 0.25) is 5.88 Å². The summed E-state index contributed by atoms with van der Waals surface area (Å²) in [5.74, 6) is 0.673. The van der Waals surface area contributed by atoms with Crippen LogP contribution in [0.4, 0.5) is 0 Å². The van der Waals surface area contributed by atoms with Crippen molar-refractivity contribution >= 4 is 0 Å². The Hall–Kier alpha value is -1.13. The number of hydrogen-bond donors (Lipinski definition) is 1. The standard InChI is InChI=1S/C13H21N3O/c1-10(14)12-4-3-7-15-13(12)17-9-8-16(2)11-5-6-11/h3-4,7,10-11H,5-6,8-9,14H2,1-2H3. The van der Waals surface area contributed by atoms with Crippen LogP contribution in [-0.2, 0) is 0 Å². The van der Waals surface area contributed by atoms with E-state index in [1.807, 2.05) is 19.1 Å². The zero-order valence-corrected chi connectivity index (χ0v) is 10.6. The zero-order valence-electron chi connectivity index (χ0n) is 10.6. The molecule has 0 amide bonds. The summed E-state index contributed by atoms with van der Waals surface area (Å²) in [5, 5.41) is 0. The first-order valence-electron chi connectivity index (χ1n) is 6.22. The summed E-state index contributed by atoms with van der Waals surface area (Å²) in [6, 6.07) is 4.59. The van der Waals surface area contributed by atoms with E-state index in [2.05, 4.69) is 16.9 Å². The molecule has 0 aliphatic heterocycles. The van der Waals surface area contributed by atoms with Gasteiger partial charge in [-0.3, -0.25) is 0 Å². The second-order valence-corrected chi connectivity index (χ2v) is 4.75. The minimum Gasteiger partial charge on any atom is -0.476 e. The average molecular weight is 235 g/mol. The Kier molecular flexibility index (Phi) is 3.97. The molecule has 17 heavy (non-hydrogen) atoms. The third-order valence-electron chi connectivity index (χ3n) is 3.14. The van der Waals surface area contributed by atoms with Crippen molar-refractivity contribution in [1.82, 2.24) is 9.88 Å². The summed E-state index contributed by atoms with van der Waals surface area (Å²) in [5.41, 5.74) is 6.85. The van der Waals surface area contributed by atoms with Crippen molar-refractivity contribution in [2.45, 2.75) is 31.8 Å². The smallest absolute Gasteiger partial charge is 0.218 e. The molecule has 0 aromatic carbocycles. The van der Waals surface area contributed by atoms with Gasteiger partial charge in [-0.25, -0.2) is 4.98 Å². The van der Waals surface area contributed by atoms with Gasteiger partial charge >= 0.3 is 0 Å². The van der Waals surface area contributed by atoms with Gasteiger partial charge < -0.3 is 15.4 Å². The number of ether oxygens (including phenoxy) is 1. The van der Waals surface area contributed by atoms with E-state index in [4.69, 9.17) is 10.5 Å². The molecule has 1 aliphatic carbocycles. The van der Waals surface area contributed by atoms with Crippen LogP contribution in [0.3, 0.4) is 0 Å². The van der Waals surface area contributed by atoms with Crippen LogP contribution in [0.15, 0.2) is 18.3 Å². The fraction of sp³-hybridized carbons (Fsp3) is 0.615. The molecule has 1 aliphatic rings. The Bertz CT molecular complexity index is 363. The molecule has 0 saturated heterocycles. The highest BCUT2D eigenvalue weighted by molar-refractivity contribution is 5.28. The van der Waals surface area contributed by atoms with Crippen molar-refractivity contribution < 1.29 is 4.74 Å². The third-order valence-corrected chi connectivity index (χ3v) is 3.14. The van der Waals surface area contributed by atoms with Crippen LogP contribution in [0, 0.1) is 0 Å². The Morgan fingerprint density at radius 3 is 3.00 bits per heavy atom. The van der Waals surface area contributed by atoms with Gasteiger partial charge in [0, 0.05) is 30.4 Å². The zero-order chi connectivity index (χ0) is 12.3. The summed E-state index contributed by atoms with van der Waals surface area (Å²) in [6.07, 6.45) is 4.39. The second kappa shape index (κ2) is 5.47. The fourth-order valence-electron chi connectivity index (χ4n) is 1.85. The van der Waals surface area contributed by atoms with E-state index in [-0.39, 0.29) is 6.04 Å². The highest BCUT2D eigenvalue weighted by Gasteiger charge is 2.25. The van der Waals surface area contributed by atoms with Crippen molar-refractivity contribution in [2.24, 2.45) is 5.73 Å². The molecular formula is C13H21N3O. The lowest BCUT2D eigenvalue weighted by Gasteiger charge is -2.17. The predicted molar refractivity (Wildman–Crippen MR) is 68.0 cm³/mol. The van der Waals surface area contributed by atoms with Gasteiger partial charge in [0.25, 0.3) is 0 Å². The van der Waals surface area contributed by atoms with Crippen LogP contribution in [0.1, 0.15) is 31.4 Å². The molecule has 94 valence electrons. The van der Waals surface area contributed by atoms with E-state index in [1.54, 1.807) is 6.20 Å². The number of aromatic nitrogens is 1. The molecule has 1 heterocycles. The van der Waals surface area contributed by atoms with Crippen molar-refractivity contribution in [1.29, 1.82) is 0 Å². The lowest BCUT2D eigenvalue weighted by molar-refractivity contribution is 0.224. The average Bonchev–Trinajstić information content (AvgIpc) is 3.13. The highest BCUT2D eigenvalue weighted by Crippen LogP contribution is 2.25.